The van der Waals surface area contributed by atoms with Crippen molar-refractivity contribution in [3.8, 4) is 5.75 Å². The number of fused-ring (bicyclic) bond motifs is 3. The molecule has 1 spiro atoms. The number of hydrogen-bond acceptors (Lipinski definition) is 4. The fourth-order valence-electron chi connectivity index (χ4n) is 9.50. The van der Waals surface area contributed by atoms with Crippen LogP contribution in [0.5, 0.6) is 5.75 Å². The molecular formula is C32H36O4. The molecule has 0 amide bonds. The van der Waals surface area contributed by atoms with E-state index in [9.17, 15) is 4.79 Å². The molecule has 1 saturated heterocycles. The summed E-state index contributed by atoms with van der Waals surface area (Å²) in [4.78, 5) is 14.8. The average Bonchev–Trinajstić information content (AvgIpc) is 3.54. The highest BCUT2D eigenvalue weighted by molar-refractivity contribution is 5.89. The van der Waals surface area contributed by atoms with Crippen LogP contribution in [0.1, 0.15) is 50.2 Å². The molecule has 4 heteroatoms. The molecule has 36 heavy (non-hydrogen) atoms. The lowest BCUT2D eigenvalue weighted by molar-refractivity contribution is -0.249. The lowest BCUT2D eigenvalue weighted by Crippen LogP contribution is -2.59. The summed E-state index contributed by atoms with van der Waals surface area (Å²) in [5, 5.41) is 0. The Bertz CT molecular complexity index is 1200. The Labute approximate surface area is 214 Å². The molecule has 0 N–H and O–H groups in total. The van der Waals surface area contributed by atoms with Crippen LogP contribution in [0.2, 0.25) is 0 Å². The molecule has 2 bridgehead atoms. The number of allylic oxidation sites excluding steroid dienone is 2. The van der Waals surface area contributed by atoms with Gasteiger partial charge in [0.1, 0.15) is 11.5 Å². The summed E-state index contributed by atoms with van der Waals surface area (Å²) in [5.41, 5.74) is 1.94. The lowest BCUT2D eigenvalue weighted by atomic mass is 9.52. The van der Waals surface area contributed by atoms with Crippen molar-refractivity contribution in [1.29, 1.82) is 0 Å². The predicted octanol–water partition coefficient (Wildman–Crippen LogP) is 5.89. The standard InChI is InChI=1S/C32H36O4/c1-29-14-6-7-15-30(29)16-17-31(29,24-10-12-25(34-2)13-11-24)26-27(33)23(20-22-8-4-3-5-9-22)21-32(28(26)30)35-18-19-36-32/h3-5,8-13,16-17,23,26,28H,6-7,14-15,18-21H2,1-2H3/t23-,26+,28-,29-,30-,31+/m0/s1. The van der Waals surface area contributed by atoms with Crippen LogP contribution < -0.4 is 4.74 Å². The van der Waals surface area contributed by atoms with Gasteiger partial charge in [0.25, 0.3) is 0 Å². The van der Waals surface area contributed by atoms with E-state index in [0.29, 0.717) is 25.4 Å². The van der Waals surface area contributed by atoms with E-state index in [1.54, 1.807) is 7.11 Å². The van der Waals surface area contributed by atoms with E-state index >= 15 is 0 Å². The number of benzene rings is 2. The Hall–Kier alpha value is -2.43. The molecule has 7 rings (SSSR count). The molecule has 1 aliphatic heterocycles. The Morgan fingerprint density at radius 3 is 2.39 bits per heavy atom. The lowest BCUT2D eigenvalue weighted by Gasteiger charge is -2.54. The molecule has 0 radical (unpaired) electrons. The van der Waals surface area contributed by atoms with E-state index < -0.39 is 5.79 Å². The van der Waals surface area contributed by atoms with Crippen LogP contribution >= 0.6 is 0 Å². The zero-order valence-electron chi connectivity index (χ0n) is 21.4. The maximum atomic E-state index is 14.8. The first-order valence-electron chi connectivity index (χ1n) is 13.7. The molecular weight excluding hydrogens is 448 g/mol. The minimum atomic E-state index is -0.685. The highest BCUT2D eigenvalue weighted by Crippen LogP contribution is 2.81. The Morgan fingerprint density at radius 1 is 0.944 bits per heavy atom. The largest absolute Gasteiger partial charge is 0.497 e. The van der Waals surface area contributed by atoms with Gasteiger partial charge in [0.05, 0.1) is 20.3 Å². The Kier molecular flexibility index (Phi) is 4.92. The van der Waals surface area contributed by atoms with Crippen LogP contribution in [0.15, 0.2) is 66.7 Å². The Morgan fingerprint density at radius 2 is 1.67 bits per heavy atom. The van der Waals surface area contributed by atoms with Gasteiger partial charge in [-0.2, -0.15) is 0 Å². The van der Waals surface area contributed by atoms with Crippen LogP contribution in [0, 0.1) is 28.6 Å². The topological polar surface area (TPSA) is 44.8 Å². The van der Waals surface area contributed by atoms with Crippen molar-refractivity contribution in [3.63, 3.8) is 0 Å². The average molecular weight is 485 g/mol. The molecule has 3 saturated carbocycles. The zero-order chi connectivity index (χ0) is 24.6. The first kappa shape index (κ1) is 22.7. The van der Waals surface area contributed by atoms with Gasteiger partial charge in [-0.3, -0.25) is 4.79 Å². The third-order valence-corrected chi connectivity index (χ3v) is 10.9. The summed E-state index contributed by atoms with van der Waals surface area (Å²) in [6, 6.07) is 19.0. The van der Waals surface area contributed by atoms with E-state index in [1.807, 2.05) is 6.07 Å². The van der Waals surface area contributed by atoms with Crippen LogP contribution in [0.4, 0.5) is 0 Å². The molecule has 188 valence electrons. The minimum Gasteiger partial charge on any atom is -0.497 e. The highest BCUT2D eigenvalue weighted by atomic mass is 16.7. The normalized spacial score (nSPS) is 39.8. The molecule has 5 aliphatic rings. The number of methoxy groups -OCH3 is 1. The van der Waals surface area contributed by atoms with Crippen LogP contribution in [-0.2, 0) is 26.1 Å². The van der Waals surface area contributed by atoms with Crippen molar-refractivity contribution in [2.75, 3.05) is 20.3 Å². The Balaban J connectivity index is 1.43. The third-order valence-electron chi connectivity index (χ3n) is 10.9. The number of hydrogen-bond donors (Lipinski definition) is 0. The molecule has 0 aromatic heterocycles. The van der Waals surface area contributed by atoms with Crippen LogP contribution in [-0.4, -0.2) is 31.9 Å². The predicted molar refractivity (Wildman–Crippen MR) is 138 cm³/mol. The minimum absolute atomic E-state index is 0.0458. The number of ether oxygens (including phenoxy) is 3. The van der Waals surface area contributed by atoms with Gasteiger partial charge in [0.15, 0.2) is 5.79 Å². The first-order valence-corrected chi connectivity index (χ1v) is 13.7. The summed E-state index contributed by atoms with van der Waals surface area (Å²) < 4.78 is 18.8. The molecule has 4 aliphatic carbocycles. The summed E-state index contributed by atoms with van der Waals surface area (Å²) in [5.74, 6) is 0.349. The van der Waals surface area contributed by atoms with Gasteiger partial charge < -0.3 is 14.2 Å². The number of carbonyl (C=O) groups is 1. The summed E-state index contributed by atoms with van der Waals surface area (Å²) >= 11 is 0. The van der Waals surface area contributed by atoms with Crippen molar-refractivity contribution in [3.05, 3.63) is 77.9 Å². The van der Waals surface area contributed by atoms with Gasteiger partial charge >= 0.3 is 0 Å². The van der Waals surface area contributed by atoms with Gasteiger partial charge in [-0.05, 0) is 47.9 Å². The van der Waals surface area contributed by atoms with Gasteiger partial charge in [0.2, 0.25) is 0 Å². The summed E-state index contributed by atoms with van der Waals surface area (Å²) in [6.45, 7) is 3.69. The van der Waals surface area contributed by atoms with E-state index in [-0.39, 0.29) is 34.0 Å². The van der Waals surface area contributed by atoms with Crippen molar-refractivity contribution in [2.45, 2.75) is 56.7 Å². The second-order valence-electron chi connectivity index (χ2n) is 12.0. The monoisotopic (exact) mass is 484 g/mol. The van der Waals surface area contributed by atoms with E-state index in [1.165, 1.54) is 24.0 Å². The third kappa shape index (κ3) is 2.65. The smallest absolute Gasteiger partial charge is 0.173 e. The first-order chi connectivity index (χ1) is 17.5. The molecule has 2 aromatic rings. The van der Waals surface area contributed by atoms with Gasteiger partial charge in [-0.1, -0.05) is 74.4 Å². The maximum absolute atomic E-state index is 14.8. The highest BCUT2D eigenvalue weighted by Gasteiger charge is 2.82. The fraction of sp³-hybridized carbons (Fsp3) is 0.531. The fourth-order valence-corrected chi connectivity index (χ4v) is 9.50. The van der Waals surface area contributed by atoms with Crippen molar-refractivity contribution >= 4 is 5.78 Å². The van der Waals surface area contributed by atoms with E-state index in [0.717, 1.165) is 25.0 Å². The molecule has 4 fully saturated rings. The zero-order valence-corrected chi connectivity index (χ0v) is 21.4. The molecule has 0 unspecified atom stereocenters. The van der Waals surface area contributed by atoms with Crippen molar-refractivity contribution in [2.24, 2.45) is 28.6 Å². The molecule has 4 nitrogen and oxygen atoms in total. The van der Waals surface area contributed by atoms with Gasteiger partial charge in [0, 0.05) is 35.0 Å². The number of carbonyl (C=O) groups excluding carboxylic acids is 1. The van der Waals surface area contributed by atoms with E-state index in [4.69, 9.17) is 14.2 Å². The number of Topliss-reactive ketones (excluding diaryl/α,β-unsaturated/α-hetero) is 1. The second kappa shape index (κ2) is 7.79. The maximum Gasteiger partial charge on any atom is 0.173 e. The van der Waals surface area contributed by atoms with Crippen molar-refractivity contribution < 1.29 is 19.0 Å². The van der Waals surface area contributed by atoms with Crippen LogP contribution in [0.25, 0.3) is 0 Å². The van der Waals surface area contributed by atoms with Gasteiger partial charge in [-0.25, -0.2) is 0 Å². The SMILES string of the molecule is COc1ccc([C@@]23C=C[C@@]4(CCCC[C@@]42C)[C@@H]2[C@H]3C(=O)[C@@H](Cc3ccccc3)CC23OCCO3)cc1. The molecule has 2 aromatic carbocycles. The second-order valence-corrected chi connectivity index (χ2v) is 12.0. The van der Waals surface area contributed by atoms with Gasteiger partial charge in [-0.15, -0.1) is 0 Å². The summed E-state index contributed by atoms with van der Waals surface area (Å²) in [7, 11) is 1.71. The quantitative estimate of drug-likeness (QED) is 0.508. The number of rotatable bonds is 4. The summed E-state index contributed by atoms with van der Waals surface area (Å²) in [6.07, 6.45) is 10.9. The van der Waals surface area contributed by atoms with E-state index in [2.05, 4.69) is 67.6 Å². The van der Waals surface area contributed by atoms with Crippen LogP contribution in [0.3, 0.4) is 0 Å². The molecule has 1 heterocycles. The molecule has 6 atom stereocenters. The van der Waals surface area contributed by atoms with Crippen molar-refractivity contribution in [1.82, 2.24) is 0 Å². The number of ketones is 1.